The lowest BCUT2D eigenvalue weighted by atomic mass is 9.97. The normalized spacial score (nSPS) is 16.7. The molecule has 2 atom stereocenters. The maximum Gasteiger partial charge on any atom is 0.251 e. The third-order valence-electron chi connectivity index (χ3n) is 5.46. The first kappa shape index (κ1) is 23.2. The maximum absolute atomic E-state index is 12.7. The molecule has 1 aromatic rings. The van der Waals surface area contributed by atoms with Crippen LogP contribution in [0.1, 0.15) is 62.7 Å². The minimum atomic E-state index is -0.608. The van der Waals surface area contributed by atoms with Crippen molar-refractivity contribution in [2.45, 2.75) is 58.4 Å². The van der Waals surface area contributed by atoms with E-state index in [4.69, 9.17) is 11.6 Å². The smallest absolute Gasteiger partial charge is 0.251 e. The van der Waals surface area contributed by atoms with Crippen LogP contribution in [0.15, 0.2) is 24.3 Å². The van der Waals surface area contributed by atoms with Crippen LogP contribution in [-0.4, -0.2) is 48.3 Å². The largest absolute Gasteiger partial charge is 0.354 e. The molecule has 2 rings (SSSR count). The molecule has 1 fully saturated rings. The van der Waals surface area contributed by atoms with E-state index < -0.39 is 6.04 Å². The average molecular weight is 422 g/mol. The monoisotopic (exact) mass is 421 g/mol. The van der Waals surface area contributed by atoms with E-state index >= 15 is 0 Å². The van der Waals surface area contributed by atoms with E-state index in [0.717, 1.165) is 32.2 Å². The topological polar surface area (TPSA) is 78.5 Å². The van der Waals surface area contributed by atoms with E-state index in [-0.39, 0.29) is 23.6 Å². The highest BCUT2D eigenvalue weighted by atomic mass is 35.5. The van der Waals surface area contributed by atoms with Crippen LogP contribution in [0.25, 0.3) is 0 Å². The minimum absolute atomic E-state index is 0.00145. The van der Waals surface area contributed by atoms with Crippen molar-refractivity contribution in [1.82, 2.24) is 15.5 Å². The van der Waals surface area contributed by atoms with Gasteiger partial charge in [-0.25, -0.2) is 0 Å². The molecule has 2 N–H and O–H groups in total. The molecule has 3 amide bonds. The summed E-state index contributed by atoms with van der Waals surface area (Å²) in [4.78, 5) is 39.2. The predicted octanol–water partition coefficient (Wildman–Crippen LogP) is 3.39. The first-order valence-electron chi connectivity index (χ1n) is 10.5. The van der Waals surface area contributed by atoms with E-state index in [1.807, 2.05) is 18.7 Å². The Bertz CT molecular complexity index is 693. The third kappa shape index (κ3) is 7.35. The van der Waals surface area contributed by atoms with Gasteiger partial charge in [0.25, 0.3) is 5.91 Å². The van der Waals surface area contributed by atoms with Crippen LogP contribution in [0.5, 0.6) is 0 Å². The zero-order valence-electron chi connectivity index (χ0n) is 17.4. The Kier molecular flexibility index (Phi) is 9.45. The van der Waals surface area contributed by atoms with Crippen molar-refractivity contribution in [2.24, 2.45) is 5.92 Å². The second kappa shape index (κ2) is 11.8. The van der Waals surface area contributed by atoms with Crippen molar-refractivity contribution in [2.75, 3.05) is 19.6 Å². The number of carbonyl (C=O) groups is 3. The summed E-state index contributed by atoms with van der Waals surface area (Å²) in [7, 11) is 0. The van der Waals surface area contributed by atoms with Gasteiger partial charge < -0.3 is 15.5 Å². The van der Waals surface area contributed by atoms with Crippen molar-refractivity contribution in [1.29, 1.82) is 0 Å². The van der Waals surface area contributed by atoms with Gasteiger partial charge in [0.2, 0.25) is 11.8 Å². The minimum Gasteiger partial charge on any atom is -0.354 e. The first-order chi connectivity index (χ1) is 13.9. The first-order valence-corrected chi connectivity index (χ1v) is 10.9. The number of benzene rings is 1. The Morgan fingerprint density at radius 3 is 2.59 bits per heavy atom. The summed E-state index contributed by atoms with van der Waals surface area (Å²) >= 11 is 5.87. The summed E-state index contributed by atoms with van der Waals surface area (Å²) in [6.45, 7) is 5.88. The Morgan fingerprint density at radius 1 is 1.17 bits per heavy atom. The molecule has 0 saturated carbocycles. The van der Waals surface area contributed by atoms with Gasteiger partial charge in [-0.3, -0.25) is 14.4 Å². The average Bonchev–Trinajstić information content (AvgIpc) is 2.93. The molecular weight excluding hydrogens is 390 g/mol. The molecule has 160 valence electrons. The number of hydrogen-bond donors (Lipinski definition) is 2. The number of likely N-dealkylation sites (tertiary alicyclic amines) is 1. The quantitative estimate of drug-likeness (QED) is 0.600. The summed E-state index contributed by atoms with van der Waals surface area (Å²) in [6, 6.07) is 5.98. The molecule has 0 aliphatic carbocycles. The Balaban J connectivity index is 1.85. The lowest BCUT2D eigenvalue weighted by Crippen LogP contribution is -2.50. The molecule has 0 bridgehead atoms. The Morgan fingerprint density at radius 2 is 1.90 bits per heavy atom. The number of carbonyl (C=O) groups excluding carboxylic acids is 3. The molecule has 6 nitrogen and oxygen atoms in total. The van der Waals surface area contributed by atoms with E-state index in [1.165, 1.54) is 0 Å². The highest BCUT2D eigenvalue weighted by molar-refractivity contribution is 6.30. The van der Waals surface area contributed by atoms with Crippen LogP contribution in [0, 0.1) is 5.92 Å². The number of amides is 3. The van der Waals surface area contributed by atoms with E-state index in [2.05, 4.69) is 10.6 Å². The summed E-state index contributed by atoms with van der Waals surface area (Å²) < 4.78 is 0. The number of nitrogens with one attached hydrogen (secondary N) is 2. The molecule has 7 heteroatoms. The van der Waals surface area contributed by atoms with Gasteiger partial charge in [0.1, 0.15) is 6.04 Å². The lowest BCUT2D eigenvalue weighted by Gasteiger charge is -2.24. The molecule has 1 aliphatic heterocycles. The van der Waals surface area contributed by atoms with E-state index in [0.29, 0.717) is 36.5 Å². The Hall–Kier alpha value is -2.08. The van der Waals surface area contributed by atoms with Gasteiger partial charge >= 0.3 is 0 Å². The lowest BCUT2D eigenvalue weighted by molar-refractivity contribution is -0.130. The highest BCUT2D eigenvalue weighted by Gasteiger charge is 2.26. The van der Waals surface area contributed by atoms with Crippen LogP contribution in [-0.2, 0) is 9.59 Å². The number of hydrogen-bond acceptors (Lipinski definition) is 3. The highest BCUT2D eigenvalue weighted by Crippen LogP contribution is 2.13. The molecule has 1 aromatic carbocycles. The fraction of sp³-hybridized carbons (Fsp3) is 0.591. The van der Waals surface area contributed by atoms with E-state index in [9.17, 15) is 14.4 Å². The van der Waals surface area contributed by atoms with Gasteiger partial charge in [-0.05, 0) is 49.4 Å². The van der Waals surface area contributed by atoms with Crippen LogP contribution in [0.2, 0.25) is 5.02 Å². The SMILES string of the molecule is CCC(C)C(NC(=O)c1ccc(Cl)cc1)C(=O)NCCCN1CCCCCC1=O. The van der Waals surface area contributed by atoms with Gasteiger partial charge in [0.05, 0.1) is 0 Å². The van der Waals surface area contributed by atoms with Crippen molar-refractivity contribution in [3.8, 4) is 0 Å². The Labute approximate surface area is 178 Å². The second-order valence-corrected chi connectivity index (χ2v) is 8.12. The molecular formula is C22H32ClN3O3. The molecule has 0 aromatic heterocycles. The van der Waals surface area contributed by atoms with Crippen molar-refractivity contribution in [3.63, 3.8) is 0 Å². The number of halogens is 1. The fourth-order valence-corrected chi connectivity index (χ4v) is 3.52. The molecule has 1 saturated heterocycles. The number of rotatable bonds is 9. The summed E-state index contributed by atoms with van der Waals surface area (Å²) in [6.07, 6.45) is 5.21. The summed E-state index contributed by atoms with van der Waals surface area (Å²) in [5, 5.41) is 6.33. The summed E-state index contributed by atoms with van der Waals surface area (Å²) in [5.41, 5.74) is 0.468. The predicted molar refractivity (Wildman–Crippen MR) is 115 cm³/mol. The van der Waals surface area contributed by atoms with Gasteiger partial charge in [0.15, 0.2) is 0 Å². The second-order valence-electron chi connectivity index (χ2n) is 7.68. The fourth-order valence-electron chi connectivity index (χ4n) is 3.39. The van der Waals surface area contributed by atoms with Crippen LogP contribution < -0.4 is 10.6 Å². The summed E-state index contributed by atoms with van der Waals surface area (Å²) in [5.74, 6) is -0.277. The molecule has 0 radical (unpaired) electrons. The van der Waals surface area contributed by atoms with Crippen molar-refractivity contribution < 1.29 is 14.4 Å². The molecule has 0 spiro atoms. The van der Waals surface area contributed by atoms with Crippen molar-refractivity contribution in [3.05, 3.63) is 34.9 Å². The zero-order valence-corrected chi connectivity index (χ0v) is 18.1. The third-order valence-corrected chi connectivity index (χ3v) is 5.72. The molecule has 29 heavy (non-hydrogen) atoms. The molecule has 1 heterocycles. The standard InChI is InChI=1S/C22H32ClN3O3/c1-3-16(2)20(25-21(28)17-9-11-18(23)12-10-17)22(29)24-13-7-15-26-14-6-4-5-8-19(26)27/h9-12,16,20H,3-8,13-15H2,1-2H3,(H,24,29)(H,25,28). The van der Waals surface area contributed by atoms with Gasteiger partial charge in [-0.1, -0.05) is 38.3 Å². The van der Waals surface area contributed by atoms with Crippen LogP contribution >= 0.6 is 11.6 Å². The van der Waals surface area contributed by atoms with E-state index in [1.54, 1.807) is 24.3 Å². The van der Waals surface area contributed by atoms with Gasteiger partial charge in [-0.15, -0.1) is 0 Å². The molecule has 1 aliphatic rings. The maximum atomic E-state index is 12.7. The van der Waals surface area contributed by atoms with Gasteiger partial charge in [0, 0.05) is 36.6 Å². The molecule has 2 unspecified atom stereocenters. The van der Waals surface area contributed by atoms with Crippen LogP contribution in [0.3, 0.4) is 0 Å². The van der Waals surface area contributed by atoms with Gasteiger partial charge in [-0.2, -0.15) is 0 Å². The van der Waals surface area contributed by atoms with Crippen molar-refractivity contribution >= 4 is 29.3 Å². The van der Waals surface area contributed by atoms with Crippen LogP contribution in [0.4, 0.5) is 0 Å². The zero-order chi connectivity index (χ0) is 21.2. The number of nitrogens with zero attached hydrogens (tertiary/aromatic N) is 1.